The van der Waals surface area contributed by atoms with Gasteiger partial charge in [0.05, 0.1) is 10.7 Å². The Morgan fingerprint density at radius 1 is 1.25 bits per heavy atom. The summed E-state index contributed by atoms with van der Waals surface area (Å²) in [6.07, 6.45) is 1.21. The van der Waals surface area contributed by atoms with E-state index in [0.29, 0.717) is 23.6 Å². The first-order valence-electron chi connectivity index (χ1n) is 9.11. The molecule has 1 spiro atoms. The van der Waals surface area contributed by atoms with Gasteiger partial charge in [0.15, 0.2) is 0 Å². The number of urea groups is 1. The molecule has 1 aliphatic carbocycles. The average molecular weight is 398 g/mol. The van der Waals surface area contributed by atoms with Crippen LogP contribution >= 0.6 is 11.6 Å². The van der Waals surface area contributed by atoms with Crippen molar-refractivity contribution in [2.24, 2.45) is 0 Å². The smallest absolute Gasteiger partial charge is 0.323 e. The van der Waals surface area contributed by atoms with Crippen molar-refractivity contribution in [2.45, 2.75) is 32.2 Å². The molecule has 2 aromatic carbocycles. The van der Waals surface area contributed by atoms with Crippen molar-refractivity contribution in [1.29, 1.82) is 0 Å². The van der Waals surface area contributed by atoms with E-state index in [2.05, 4.69) is 10.6 Å². The molecular formula is C21H20ClN3O3. The summed E-state index contributed by atoms with van der Waals surface area (Å²) in [4.78, 5) is 39.2. The number of hydrogen-bond donors (Lipinski definition) is 2. The molecule has 0 saturated carbocycles. The quantitative estimate of drug-likeness (QED) is 0.780. The van der Waals surface area contributed by atoms with Crippen molar-refractivity contribution in [2.75, 3.05) is 11.9 Å². The maximum Gasteiger partial charge on any atom is 0.325 e. The maximum atomic E-state index is 13.1. The molecule has 6 nitrogen and oxygen atoms in total. The van der Waals surface area contributed by atoms with E-state index in [1.54, 1.807) is 6.07 Å². The molecule has 4 rings (SSSR count). The Balaban J connectivity index is 1.54. The van der Waals surface area contributed by atoms with Crippen LogP contribution in [0.25, 0.3) is 0 Å². The molecule has 0 bridgehead atoms. The van der Waals surface area contributed by atoms with Crippen molar-refractivity contribution >= 4 is 35.1 Å². The molecule has 144 valence electrons. The van der Waals surface area contributed by atoms with Crippen molar-refractivity contribution in [3.63, 3.8) is 0 Å². The molecule has 2 N–H and O–H groups in total. The number of aryl methyl sites for hydroxylation is 3. The minimum Gasteiger partial charge on any atom is -0.323 e. The fourth-order valence-corrected chi connectivity index (χ4v) is 4.50. The molecule has 28 heavy (non-hydrogen) atoms. The van der Waals surface area contributed by atoms with Gasteiger partial charge >= 0.3 is 6.03 Å². The molecule has 1 saturated heterocycles. The largest absolute Gasteiger partial charge is 0.325 e. The Bertz CT molecular complexity index is 997. The molecule has 0 radical (unpaired) electrons. The van der Waals surface area contributed by atoms with Gasteiger partial charge in [-0.2, -0.15) is 0 Å². The van der Waals surface area contributed by atoms with Gasteiger partial charge in [0.1, 0.15) is 12.1 Å². The highest BCUT2D eigenvalue weighted by atomic mass is 35.5. The summed E-state index contributed by atoms with van der Waals surface area (Å²) in [6, 6.07) is 10.7. The number of carbonyl (C=O) groups excluding carboxylic acids is 3. The van der Waals surface area contributed by atoms with Crippen LogP contribution in [0.4, 0.5) is 10.5 Å². The molecule has 4 amide bonds. The summed E-state index contributed by atoms with van der Waals surface area (Å²) in [5.41, 5.74) is 3.09. The molecule has 1 fully saturated rings. The van der Waals surface area contributed by atoms with Crippen molar-refractivity contribution in [1.82, 2.24) is 10.2 Å². The topological polar surface area (TPSA) is 78.5 Å². The lowest BCUT2D eigenvalue weighted by Gasteiger charge is -2.22. The molecule has 2 aromatic rings. The highest BCUT2D eigenvalue weighted by Crippen LogP contribution is 2.41. The van der Waals surface area contributed by atoms with Crippen LogP contribution < -0.4 is 10.6 Å². The second-order valence-corrected chi connectivity index (χ2v) is 7.78. The minimum absolute atomic E-state index is 0.363. The maximum absolute atomic E-state index is 13.1. The number of imide groups is 1. The van der Waals surface area contributed by atoms with E-state index < -0.39 is 17.5 Å². The second kappa shape index (κ2) is 6.63. The summed E-state index contributed by atoms with van der Waals surface area (Å²) in [5.74, 6) is -0.856. The molecule has 2 aliphatic rings. The van der Waals surface area contributed by atoms with Gasteiger partial charge in [-0.1, -0.05) is 41.9 Å². The highest BCUT2D eigenvalue weighted by Gasteiger charge is 2.55. The molecule has 1 heterocycles. The number of carbonyl (C=O) groups is 3. The molecule has 0 aromatic heterocycles. The lowest BCUT2D eigenvalue weighted by molar-refractivity contribution is -0.134. The highest BCUT2D eigenvalue weighted by molar-refractivity contribution is 6.34. The Labute approximate surface area is 167 Å². The lowest BCUT2D eigenvalue weighted by Crippen LogP contribution is -2.43. The summed E-state index contributed by atoms with van der Waals surface area (Å²) in [5, 5.41) is 5.96. The van der Waals surface area contributed by atoms with Crippen LogP contribution in [0.15, 0.2) is 36.4 Å². The van der Waals surface area contributed by atoms with Crippen LogP contribution in [0.5, 0.6) is 0 Å². The van der Waals surface area contributed by atoms with Gasteiger partial charge in [-0.15, -0.1) is 0 Å². The van der Waals surface area contributed by atoms with Gasteiger partial charge < -0.3 is 10.6 Å². The van der Waals surface area contributed by atoms with Crippen molar-refractivity contribution in [3.8, 4) is 0 Å². The third-order valence-electron chi connectivity index (χ3n) is 5.42. The van der Waals surface area contributed by atoms with E-state index in [9.17, 15) is 14.4 Å². The van der Waals surface area contributed by atoms with Gasteiger partial charge in [-0.25, -0.2) is 4.79 Å². The summed E-state index contributed by atoms with van der Waals surface area (Å²) in [7, 11) is 0. The monoisotopic (exact) mass is 397 g/mol. The van der Waals surface area contributed by atoms with Crippen LogP contribution in [0, 0.1) is 13.8 Å². The Morgan fingerprint density at radius 2 is 2.00 bits per heavy atom. The van der Waals surface area contributed by atoms with Crippen LogP contribution in [0.1, 0.15) is 28.7 Å². The number of nitrogens with zero attached hydrogens (tertiary/aromatic N) is 1. The first kappa shape index (κ1) is 18.5. The van der Waals surface area contributed by atoms with E-state index >= 15 is 0 Å². The average Bonchev–Trinajstić information content (AvgIpc) is 3.12. The lowest BCUT2D eigenvalue weighted by atomic mass is 9.92. The summed E-state index contributed by atoms with van der Waals surface area (Å²) in [6.45, 7) is 3.39. The number of anilines is 1. The van der Waals surface area contributed by atoms with Crippen molar-refractivity contribution < 1.29 is 14.4 Å². The summed E-state index contributed by atoms with van der Waals surface area (Å²) < 4.78 is 0. The van der Waals surface area contributed by atoms with Crippen LogP contribution in [-0.2, 0) is 21.5 Å². The van der Waals surface area contributed by atoms with Gasteiger partial charge in [-0.3, -0.25) is 14.5 Å². The Hall–Kier alpha value is -2.86. The normalized spacial score (nSPS) is 20.5. The number of fused-ring (bicyclic) bond motifs is 2. The van der Waals surface area contributed by atoms with Crippen molar-refractivity contribution in [3.05, 3.63) is 63.7 Å². The summed E-state index contributed by atoms with van der Waals surface area (Å²) >= 11 is 6.23. The van der Waals surface area contributed by atoms with Gasteiger partial charge in [0, 0.05) is 0 Å². The first-order valence-corrected chi connectivity index (χ1v) is 9.49. The van der Waals surface area contributed by atoms with Gasteiger partial charge in [0.2, 0.25) is 5.91 Å². The fraction of sp³-hybridized carbons (Fsp3) is 0.286. The fourth-order valence-electron chi connectivity index (χ4n) is 4.13. The molecular weight excluding hydrogens is 378 g/mol. The van der Waals surface area contributed by atoms with E-state index in [0.717, 1.165) is 27.2 Å². The number of benzene rings is 2. The Morgan fingerprint density at radius 3 is 2.75 bits per heavy atom. The zero-order chi connectivity index (χ0) is 20.1. The van der Waals surface area contributed by atoms with Crippen LogP contribution in [0.2, 0.25) is 5.02 Å². The minimum atomic E-state index is -1.06. The number of hydrogen-bond acceptors (Lipinski definition) is 3. The molecule has 0 unspecified atom stereocenters. The molecule has 7 heteroatoms. The third-order valence-corrected chi connectivity index (χ3v) is 5.72. The van der Waals surface area contributed by atoms with Crippen LogP contribution in [0.3, 0.4) is 0 Å². The Kier molecular flexibility index (Phi) is 4.38. The van der Waals surface area contributed by atoms with E-state index in [1.165, 1.54) is 0 Å². The van der Waals surface area contributed by atoms with Gasteiger partial charge in [-0.05, 0) is 55.0 Å². The number of nitrogens with one attached hydrogen (secondary N) is 2. The number of rotatable bonds is 3. The van der Waals surface area contributed by atoms with Gasteiger partial charge in [0.25, 0.3) is 5.91 Å². The predicted octanol–water partition coefficient (Wildman–Crippen LogP) is 3.29. The number of amides is 4. The molecule has 1 aliphatic heterocycles. The van der Waals surface area contributed by atoms with Crippen LogP contribution in [-0.4, -0.2) is 29.3 Å². The predicted molar refractivity (Wildman–Crippen MR) is 106 cm³/mol. The van der Waals surface area contributed by atoms with E-state index in [4.69, 9.17) is 11.6 Å². The zero-order valence-electron chi connectivity index (χ0n) is 15.6. The van der Waals surface area contributed by atoms with E-state index in [1.807, 2.05) is 44.2 Å². The standard InChI is InChI=1S/C21H20ClN3O3/c1-12-9-13(2)18(16(22)10-12)23-17(26)11-25-19(27)21(24-20(25)28)8-7-14-5-3-4-6-15(14)21/h3-6,9-10H,7-8,11H2,1-2H3,(H,23,26)(H,24,28)/t21-/m0/s1. The van der Waals surface area contributed by atoms with E-state index in [-0.39, 0.29) is 12.5 Å². The number of halogens is 1. The zero-order valence-corrected chi connectivity index (χ0v) is 16.4. The molecule has 1 atom stereocenters. The first-order chi connectivity index (χ1) is 13.3. The third kappa shape index (κ3) is 2.85. The SMILES string of the molecule is Cc1cc(C)c(NC(=O)CN2C(=O)N[C@]3(CCc4ccccc43)C2=O)c(Cl)c1. The second-order valence-electron chi connectivity index (χ2n) is 7.37.